The lowest BCUT2D eigenvalue weighted by Gasteiger charge is -2.23. The van der Waals surface area contributed by atoms with Crippen LogP contribution in [-0.2, 0) is 16.0 Å². The molecule has 2 fully saturated rings. The summed E-state index contributed by atoms with van der Waals surface area (Å²) in [6.45, 7) is 6.24. The van der Waals surface area contributed by atoms with E-state index in [1.54, 1.807) is 4.90 Å². The quantitative estimate of drug-likeness (QED) is 0.806. The van der Waals surface area contributed by atoms with Gasteiger partial charge in [0.05, 0.1) is 19.3 Å². The van der Waals surface area contributed by atoms with Crippen molar-refractivity contribution >= 4 is 5.91 Å². The molecule has 0 aliphatic carbocycles. The normalized spacial score (nSPS) is 22.6. The summed E-state index contributed by atoms with van der Waals surface area (Å²) in [5, 5.41) is 2.96. The zero-order valence-corrected chi connectivity index (χ0v) is 13.0. The highest BCUT2D eigenvalue weighted by molar-refractivity contribution is 5.94. The van der Waals surface area contributed by atoms with E-state index in [2.05, 4.69) is 17.4 Å². The van der Waals surface area contributed by atoms with Crippen molar-refractivity contribution in [2.24, 2.45) is 0 Å². The molecule has 0 aromatic heterocycles. The van der Waals surface area contributed by atoms with Crippen molar-refractivity contribution in [3.05, 3.63) is 35.4 Å². The summed E-state index contributed by atoms with van der Waals surface area (Å²) in [6.07, 6.45) is 2.33. The van der Waals surface area contributed by atoms with Crippen LogP contribution in [0.5, 0.6) is 0 Å². The molecule has 120 valence electrons. The molecule has 0 unspecified atom stereocenters. The van der Waals surface area contributed by atoms with Crippen LogP contribution in [0.3, 0.4) is 0 Å². The third-order valence-electron chi connectivity index (χ3n) is 4.38. The molecule has 0 saturated carbocycles. The molecule has 1 aromatic carbocycles. The van der Waals surface area contributed by atoms with Crippen LogP contribution < -0.4 is 10.2 Å². The average Bonchev–Trinajstić information content (AvgIpc) is 3.08. The van der Waals surface area contributed by atoms with Gasteiger partial charge in [-0.3, -0.25) is 4.79 Å². The number of ether oxygens (including phenoxy) is 2. The Morgan fingerprint density at radius 1 is 1.18 bits per heavy atom. The number of carbonyl (C=O) groups excluding carboxylic acids is 1. The first kappa shape index (κ1) is 15.5. The molecule has 0 radical (unpaired) electrons. The zero-order valence-electron chi connectivity index (χ0n) is 13.0. The Balaban J connectivity index is 1.48. The summed E-state index contributed by atoms with van der Waals surface area (Å²) in [5.41, 5.74) is 1.99. The van der Waals surface area contributed by atoms with Gasteiger partial charge in [-0.15, -0.1) is 0 Å². The first-order valence-corrected chi connectivity index (χ1v) is 8.21. The van der Waals surface area contributed by atoms with Crippen LogP contribution in [0, 0.1) is 0 Å². The van der Waals surface area contributed by atoms with Crippen molar-refractivity contribution < 1.29 is 19.2 Å². The van der Waals surface area contributed by atoms with Crippen LogP contribution in [0.1, 0.15) is 28.8 Å². The van der Waals surface area contributed by atoms with Crippen LogP contribution in [0.2, 0.25) is 0 Å². The number of hydrogen-bond donors (Lipinski definition) is 2. The number of carbonyl (C=O) groups is 1. The van der Waals surface area contributed by atoms with E-state index in [4.69, 9.17) is 9.47 Å². The third-order valence-corrected chi connectivity index (χ3v) is 4.38. The van der Waals surface area contributed by atoms with Gasteiger partial charge in [-0.2, -0.15) is 0 Å². The molecule has 2 aliphatic heterocycles. The van der Waals surface area contributed by atoms with Crippen molar-refractivity contribution in [3.63, 3.8) is 0 Å². The summed E-state index contributed by atoms with van der Waals surface area (Å²) in [4.78, 5) is 13.7. The fourth-order valence-electron chi connectivity index (χ4n) is 3.01. The Labute approximate surface area is 131 Å². The first-order chi connectivity index (χ1) is 10.8. The van der Waals surface area contributed by atoms with Gasteiger partial charge < -0.3 is 19.7 Å². The maximum absolute atomic E-state index is 12.1. The molecule has 0 spiro atoms. The minimum atomic E-state index is -0.0132. The fraction of sp³-hybridized carbons (Fsp3) is 0.588. The topological polar surface area (TPSA) is 52.0 Å². The van der Waals surface area contributed by atoms with E-state index in [0.29, 0.717) is 6.54 Å². The van der Waals surface area contributed by atoms with E-state index in [-0.39, 0.29) is 12.0 Å². The Bertz CT molecular complexity index is 477. The Morgan fingerprint density at radius 2 is 1.95 bits per heavy atom. The Morgan fingerprint density at radius 3 is 2.64 bits per heavy atom. The second kappa shape index (κ2) is 7.72. The number of quaternary nitrogens is 1. The SMILES string of the molecule is O=C(NC[C@H]1CCCO1)c1ccc(C[NH+]2CCOCC2)cc1. The van der Waals surface area contributed by atoms with E-state index >= 15 is 0 Å². The molecular weight excluding hydrogens is 280 g/mol. The zero-order chi connectivity index (χ0) is 15.2. The summed E-state index contributed by atoms with van der Waals surface area (Å²) in [5.74, 6) is -0.0132. The summed E-state index contributed by atoms with van der Waals surface area (Å²) >= 11 is 0. The monoisotopic (exact) mass is 305 g/mol. The predicted octanol–water partition coefficient (Wildman–Crippen LogP) is 0.0105. The van der Waals surface area contributed by atoms with E-state index in [9.17, 15) is 4.79 Å². The second-order valence-electron chi connectivity index (χ2n) is 6.08. The Kier molecular flexibility index (Phi) is 5.43. The highest BCUT2D eigenvalue weighted by atomic mass is 16.5. The molecule has 2 aliphatic rings. The lowest BCUT2D eigenvalue weighted by atomic mass is 10.1. The van der Waals surface area contributed by atoms with E-state index in [1.807, 2.05) is 12.1 Å². The molecule has 2 heterocycles. The smallest absolute Gasteiger partial charge is 0.251 e. The minimum absolute atomic E-state index is 0.0132. The van der Waals surface area contributed by atoms with Gasteiger partial charge in [-0.05, 0) is 25.0 Å². The van der Waals surface area contributed by atoms with E-state index in [0.717, 1.165) is 57.9 Å². The number of benzene rings is 1. The lowest BCUT2D eigenvalue weighted by Crippen LogP contribution is -3.12. The molecular formula is C17H25N2O3+. The van der Waals surface area contributed by atoms with Gasteiger partial charge >= 0.3 is 0 Å². The van der Waals surface area contributed by atoms with Gasteiger partial charge in [-0.25, -0.2) is 0 Å². The van der Waals surface area contributed by atoms with Gasteiger partial charge in [0.1, 0.15) is 19.6 Å². The highest BCUT2D eigenvalue weighted by Crippen LogP contribution is 2.11. The molecule has 2 saturated heterocycles. The van der Waals surface area contributed by atoms with E-state index < -0.39 is 0 Å². The standard InChI is InChI=1S/C17H24N2O3/c20-17(18-12-16-2-1-9-22-16)15-5-3-14(4-6-15)13-19-7-10-21-11-8-19/h3-6,16H,1-2,7-13H2,(H,18,20)/p+1/t16-/m1/s1. The van der Waals surface area contributed by atoms with Gasteiger partial charge in [0, 0.05) is 24.3 Å². The van der Waals surface area contributed by atoms with Crippen molar-refractivity contribution in [1.29, 1.82) is 0 Å². The fourth-order valence-corrected chi connectivity index (χ4v) is 3.01. The van der Waals surface area contributed by atoms with Gasteiger partial charge in [-0.1, -0.05) is 12.1 Å². The Hall–Kier alpha value is -1.43. The van der Waals surface area contributed by atoms with Crippen LogP contribution in [0.15, 0.2) is 24.3 Å². The molecule has 22 heavy (non-hydrogen) atoms. The van der Waals surface area contributed by atoms with Gasteiger partial charge in [0.15, 0.2) is 0 Å². The average molecular weight is 305 g/mol. The van der Waals surface area contributed by atoms with Crippen LogP contribution in [0.25, 0.3) is 0 Å². The lowest BCUT2D eigenvalue weighted by molar-refractivity contribution is -0.921. The number of morpholine rings is 1. The molecule has 0 bridgehead atoms. The van der Waals surface area contributed by atoms with Crippen molar-refractivity contribution in [2.75, 3.05) is 39.5 Å². The van der Waals surface area contributed by atoms with Crippen molar-refractivity contribution in [1.82, 2.24) is 5.32 Å². The highest BCUT2D eigenvalue weighted by Gasteiger charge is 2.17. The number of hydrogen-bond acceptors (Lipinski definition) is 3. The second-order valence-corrected chi connectivity index (χ2v) is 6.08. The molecule has 1 amide bonds. The van der Waals surface area contributed by atoms with Gasteiger partial charge in [0.25, 0.3) is 5.91 Å². The number of nitrogens with one attached hydrogen (secondary N) is 2. The number of amides is 1. The maximum Gasteiger partial charge on any atom is 0.251 e. The van der Waals surface area contributed by atoms with Gasteiger partial charge in [0.2, 0.25) is 0 Å². The van der Waals surface area contributed by atoms with Crippen LogP contribution in [0.4, 0.5) is 0 Å². The molecule has 2 N–H and O–H groups in total. The summed E-state index contributed by atoms with van der Waals surface area (Å²) in [7, 11) is 0. The molecule has 3 rings (SSSR count). The van der Waals surface area contributed by atoms with Crippen LogP contribution >= 0.6 is 0 Å². The summed E-state index contributed by atoms with van der Waals surface area (Å²) < 4.78 is 10.9. The maximum atomic E-state index is 12.1. The molecule has 5 heteroatoms. The van der Waals surface area contributed by atoms with Crippen LogP contribution in [-0.4, -0.2) is 51.5 Å². The minimum Gasteiger partial charge on any atom is -0.376 e. The molecule has 5 nitrogen and oxygen atoms in total. The predicted molar refractivity (Wildman–Crippen MR) is 83.0 cm³/mol. The summed E-state index contributed by atoms with van der Waals surface area (Å²) in [6, 6.07) is 7.95. The number of rotatable bonds is 5. The van der Waals surface area contributed by atoms with E-state index in [1.165, 1.54) is 5.56 Å². The molecule has 1 aromatic rings. The van der Waals surface area contributed by atoms with Crippen molar-refractivity contribution in [2.45, 2.75) is 25.5 Å². The molecule has 1 atom stereocenters. The largest absolute Gasteiger partial charge is 0.376 e. The third kappa shape index (κ3) is 4.29. The van der Waals surface area contributed by atoms with Crippen molar-refractivity contribution in [3.8, 4) is 0 Å². The first-order valence-electron chi connectivity index (χ1n) is 8.21.